The van der Waals surface area contributed by atoms with Gasteiger partial charge in [-0.1, -0.05) is 0 Å². The number of pyridine rings is 2. The summed E-state index contributed by atoms with van der Waals surface area (Å²) in [5.74, 6) is 0.995. The Morgan fingerprint density at radius 3 is 2.91 bits per heavy atom. The standard InChI is InChI=1S/C24H25N9O/c25-17-2-1-4-32(13-17)20-12-28-19(16-6-15-9-21(34)31-23(15)29-10-16)8-14(20)7-18-11-30-24-22(26)27-3-5-33(18)24/h3,5-6,8,10-12,17H,1-2,4,7,9,13,25H2,(H2,26,27)(H,29,31,34)/t17-/m1/s1. The summed E-state index contributed by atoms with van der Waals surface area (Å²) in [5, 5.41) is 2.78. The van der Waals surface area contributed by atoms with Gasteiger partial charge in [-0.2, -0.15) is 0 Å². The number of anilines is 3. The third-order valence-electron chi connectivity index (χ3n) is 6.54. The van der Waals surface area contributed by atoms with Crippen molar-refractivity contribution in [2.24, 2.45) is 5.73 Å². The van der Waals surface area contributed by atoms with Crippen molar-refractivity contribution in [3.63, 3.8) is 0 Å². The first-order chi connectivity index (χ1) is 16.5. The summed E-state index contributed by atoms with van der Waals surface area (Å²) in [6, 6.07) is 4.24. The van der Waals surface area contributed by atoms with E-state index in [9.17, 15) is 4.79 Å². The molecule has 34 heavy (non-hydrogen) atoms. The molecule has 6 heterocycles. The van der Waals surface area contributed by atoms with Gasteiger partial charge in [-0.15, -0.1) is 0 Å². The molecule has 0 unspecified atom stereocenters. The molecule has 10 heteroatoms. The third-order valence-corrected chi connectivity index (χ3v) is 6.54. The Balaban J connectivity index is 1.42. The molecule has 0 aromatic carbocycles. The average Bonchev–Trinajstić information content (AvgIpc) is 3.42. The quantitative estimate of drug-likeness (QED) is 0.423. The minimum Gasteiger partial charge on any atom is -0.381 e. The molecule has 5 N–H and O–H groups in total. The molecule has 0 saturated carbocycles. The van der Waals surface area contributed by atoms with Gasteiger partial charge in [-0.3, -0.25) is 14.2 Å². The highest BCUT2D eigenvalue weighted by molar-refractivity contribution is 5.98. The molecule has 1 fully saturated rings. The lowest BCUT2D eigenvalue weighted by Crippen LogP contribution is -2.43. The first-order valence-electron chi connectivity index (χ1n) is 11.4. The van der Waals surface area contributed by atoms with Crippen molar-refractivity contribution < 1.29 is 4.79 Å². The Morgan fingerprint density at radius 1 is 1.12 bits per heavy atom. The van der Waals surface area contributed by atoms with Crippen LogP contribution in [0.2, 0.25) is 0 Å². The van der Waals surface area contributed by atoms with Gasteiger partial charge in [-0.05, 0) is 30.5 Å². The summed E-state index contributed by atoms with van der Waals surface area (Å²) >= 11 is 0. The number of nitrogens with zero attached hydrogens (tertiary/aromatic N) is 6. The van der Waals surface area contributed by atoms with Crippen molar-refractivity contribution in [2.45, 2.75) is 31.7 Å². The smallest absolute Gasteiger partial charge is 0.230 e. The van der Waals surface area contributed by atoms with Gasteiger partial charge in [0, 0.05) is 67.2 Å². The van der Waals surface area contributed by atoms with Gasteiger partial charge in [0.05, 0.1) is 24.0 Å². The Morgan fingerprint density at radius 2 is 2.03 bits per heavy atom. The molecule has 2 aliphatic heterocycles. The van der Waals surface area contributed by atoms with Crippen LogP contribution in [0.5, 0.6) is 0 Å². The Bertz CT molecular complexity index is 1410. The summed E-state index contributed by atoms with van der Waals surface area (Å²) in [4.78, 5) is 31.9. The van der Waals surface area contributed by atoms with E-state index >= 15 is 0 Å². The van der Waals surface area contributed by atoms with E-state index in [0.717, 1.165) is 59.7 Å². The zero-order valence-corrected chi connectivity index (χ0v) is 18.6. The number of rotatable bonds is 4. The number of amides is 1. The molecule has 4 aromatic rings. The number of nitrogen functional groups attached to an aromatic ring is 1. The summed E-state index contributed by atoms with van der Waals surface area (Å²) in [5.41, 5.74) is 18.7. The fraction of sp³-hybridized carbons (Fsp3) is 0.292. The van der Waals surface area contributed by atoms with E-state index in [2.05, 4.69) is 31.2 Å². The predicted molar refractivity (Wildman–Crippen MR) is 129 cm³/mol. The van der Waals surface area contributed by atoms with E-state index in [1.165, 1.54) is 0 Å². The number of aromatic nitrogens is 5. The van der Waals surface area contributed by atoms with Crippen LogP contribution in [0.25, 0.3) is 16.9 Å². The number of carbonyl (C=O) groups excluding carboxylic acids is 1. The van der Waals surface area contributed by atoms with Gasteiger partial charge in [0.25, 0.3) is 0 Å². The lowest BCUT2D eigenvalue weighted by molar-refractivity contribution is -0.115. The predicted octanol–water partition coefficient (Wildman–Crippen LogP) is 1.78. The molecule has 172 valence electrons. The first kappa shape index (κ1) is 20.5. The minimum atomic E-state index is -0.0357. The van der Waals surface area contributed by atoms with Gasteiger partial charge in [0.2, 0.25) is 5.91 Å². The third kappa shape index (κ3) is 3.61. The summed E-state index contributed by atoms with van der Waals surface area (Å²) < 4.78 is 1.97. The van der Waals surface area contributed by atoms with Crippen LogP contribution in [0, 0.1) is 0 Å². The molecule has 6 rings (SSSR count). The van der Waals surface area contributed by atoms with E-state index in [1.807, 2.05) is 29.1 Å². The van der Waals surface area contributed by atoms with Crippen LogP contribution in [-0.2, 0) is 17.6 Å². The number of hydrogen-bond donors (Lipinski definition) is 3. The van der Waals surface area contributed by atoms with E-state index in [0.29, 0.717) is 30.1 Å². The molecule has 1 atom stereocenters. The lowest BCUT2D eigenvalue weighted by atomic mass is 10.0. The van der Waals surface area contributed by atoms with Gasteiger partial charge in [0.15, 0.2) is 11.5 Å². The number of nitrogens with two attached hydrogens (primary N) is 2. The second-order valence-corrected chi connectivity index (χ2v) is 8.94. The van der Waals surface area contributed by atoms with Crippen LogP contribution in [-0.4, -0.2) is 49.4 Å². The number of piperidine rings is 1. The largest absolute Gasteiger partial charge is 0.381 e. The number of carbonyl (C=O) groups is 1. The Hall–Kier alpha value is -4.05. The van der Waals surface area contributed by atoms with Crippen LogP contribution in [0.1, 0.15) is 29.7 Å². The van der Waals surface area contributed by atoms with E-state index in [-0.39, 0.29) is 11.9 Å². The van der Waals surface area contributed by atoms with Crippen molar-refractivity contribution in [1.29, 1.82) is 0 Å². The molecule has 0 bridgehead atoms. The Labute approximate surface area is 196 Å². The number of hydrogen-bond acceptors (Lipinski definition) is 8. The molecule has 0 spiro atoms. The van der Waals surface area contributed by atoms with E-state index in [4.69, 9.17) is 16.5 Å². The SMILES string of the molecule is Nc1nccn2c(Cc3cc(-c4cnc5c(c4)CC(=O)N5)ncc3N3CCC[C@@H](N)C3)cnc12. The van der Waals surface area contributed by atoms with E-state index < -0.39 is 0 Å². The van der Waals surface area contributed by atoms with Crippen molar-refractivity contribution in [1.82, 2.24) is 24.3 Å². The fourth-order valence-corrected chi connectivity index (χ4v) is 4.87. The van der Waals surface area contributed by atoms with Crippen LogP contribution >= 0.6 is 0 Å². The zero-order chi connectivity index (χ0) is 23.2. The van der Waals surface area contributed by atoms with Crippen LogP contribution < -0.4 is 21.7 Å². The number of nitrogens with one attached hydrogen (secondary N) is 1. The number of fused-ring (bicyclic) bond motifs is 2. The van der Waals surface area contributed by atoms with Crippen molar-refractivity contribution in [3.8, 4) is 11.3 Å². The summed E-state index contributed by atoms with van der Waals surface area (Å²) in [6.07, 6.45) is 12.1. The summed E-state index contributed by atoms with van der Waals surface area (Å²) in [7, 11) is 0. The van der Waals surface area contributed by atoms with Crippen LogP contribution in [0.3, 0.4) is 0 Å². The highest BCUT2D eigenvalue weighted by Gasteiger charge is 2.23. The number of imidazole rings is 1. The van der Waals surface area contributed by atoms with E-state index in [1.54, 1.807) is 12.4 Å². The fourth-order valence-electron chi connectivity index (χ4n) is 4.87. The molecule has 4 aromatic heterocycles. The molecule has 1 saturated heterocycles. The van der Waals surface area contributed by atoms with Crippen LogP contribution in [0.15, 0.2) is 43.1 Å². The molecule has 0 aliphatic carbocycles. The summed E-state index contributed by atoms with van der Waals surface area (Å²) in [6.45, 7) is 1.74. The maximum Gasteiger partial charge on any atom is 0.230 e. The maximum atomic E-state index is 11.8. The molecule has 1 amide bonds. The van der Waals surface area contributed by atoms with Crippen molar-refractivity contribution in [3.05, 3.63) is 59.9 Å². The average molecular weight is 456 g/mol. The highest BCUT2D eigenvalue weighted by atomic mass is 16.1. The monoisotopic (exact) mass is 455 g/mol. The van der Waals surface area contributed by atoms with Gasteiger partial charge in [0.1, 0.15) is 5.82 Å². The molecule has 0 radical (unpaired) electrons. The van der Waals surface area contributed by atoms with Gasteiger partial charge >= 0.3 is 0 Å². The molecule has 2 aliphatic rings. The second-order valence-electron chi connectivity index (χ2n) is 8.94. The highest BCUT2D eigenvalue weighted by Crippen LogP contribution is 2.31. The van der Waals surface area contributed by atoms with Crippen molar-refractivity contribution >= 4 is 28.9 Å². The Kier molecular flexibility index (Phi) is 4.88. The first-order valence-corrected chi connectivity index (χ1v) is 11.4. The van der Waals surface area contributed by atoms with Gasteiger partial charge < -0.3 is 21.7 Å². The zero-order valence-electron chi connectivity index (χ0n) is 18.6. The lowest BCUT2D eigenvalue weighted by Gasteiger charge is -2.34. The van der Waals surface area contributed by atoms with Crippen LogP contribution in [0.4, 0.5) is 17.3 Å². The maximum absolute atomic E-state index is 11.8. The molecular weight excluding hydrogens is 430 g/mol. The normalized spacial score (nSPS) is 17.7. The second kappa shape index (κ2) is 8.07. The van der Waals surface area contributed by atoms with Gasteiger partial charge in [-0.25, -0.2) is 15.0 Å². The topological polar surface area (TPSA) is 140 Å². The molecular formula is C24H25N9O. The minimum absolute atomic E-state index is 0.0357. The van der Waals surface area contributed by atoms with Crippen molar-refractivity contribution in [2.75, 3.05) is 29.0 Å². The molecule has 10 nitrogen and oxygen atoms in total.